The molecule has 0 fully saturated rings. The highest BCUT2D eigenvalue weighted by Gasteiger charge is 2.14. The molecular formula is C24H17FN2O4S. The molecule has 0 aliphatic heterocycles. The van der Waals surface area contributed by atoms with Crippen molar-refractivity contribution in [1.82, 2.24) is 9.13 Å². The van der Waals surface area contributed by atoms with E-state index in [-0.39, 0.29) is 17.9 Å². The number of aryl methyl sites for hydroxylation is 1. The van der Waals surface area contributed by atoms with Gasteiger partial charge < -0.3 is 5.11 Å². The number of halogens is 1. The van der Waals surface area contributed by atoms with E-state index in [4.69, 9.17) is 5.11 Å². The first kappa shape index (κ1) is 21.3. The van der Waals surface area contributed by atoms with Gasteiger partial charge in [0, 0.05) is 13.5 Å². The third kappa shape index (κ3) is 4.24. The normalized spacial score (nSPS) is 10.7. The Morgan fingerprint density at radius 3 is 2.38 bits per heavy atom. The molecule has 2 aromatic carbocycles. The van der Waals surface area contributed by atoms with Gasteiger partial charge in [-0.2, -0.15) is 0 Å². The van der Waals surface area contributed by atoms with Crippen molar-refractivity contribution in [2.75, 3.05) is 0 Å². The van der Waals surface area contributed by atoms with Crippen LogP contribution in [0.15, 0.2) is 64.2 Å². The van der Waals surface area contributed by atoms with Gasteiger partial charge in [-0.15, -0.1) is 11.3 Å². The van der Waals surface area contributed by atoms with E-state index in [0.29, 0.717) is 27.1 Å². The summed E-state index contributed by atoms with van der Waals surface area (Å²) in [5, 5.41) is 9.41. The van der Waals surface area contributed by atoms with Crippen molar-refractivity contribution in [3.05, 3.63) is 103 Å². The smallest absolute Gasteiger partial charge is 0.335 e. The summed E-state index contributed by atoms with van der Waals surface area (Å²) in [7, 11) is 1.60. The lowest BCUT2D eigenvalue weighted by atomic mass is 10.1. The third-order valence-corrected chi connectivity index (χ3v) is 6.10. The number of fused-ring (bicyclic) bond motifs is 1. The third-order valence-electron chi connectivity index (χ3n) is 4.97. The molecule has 4 rings (SSSR count). The van der Waals surface area contributed by atoms with Crippen LogP contribution in [0.4, 0.5) is 4.39 Å². The molecule has 0 atom stereocenters. The molecule has 0 saturated carbocycles. The van der Waals surface area contributed by atoms with Crippen molar-refractivity contribution in [2.24, 2.45) is 7.05 Å². The molecular weight excluding hydrogens is 431 g/mol. The van der Waals surface area contributed by atoms with Gasteiger partial charge in [-0.05, 0) is 41.5 Å². The molecule has 0 amide bonds. The van der Waals surface area contributed by atoms with Crippen LogP contribution in [0.3, 0.4) is 0 Å². The molecule has 2 aromatic heterocycles. The molecule has 0 saturated heterocycles. The monoisotopic (exact) mass is 448 g/mol. The standard InChI is InChI=1S/C24H17FN2O4S/c1-26-22-20(13-19(32-22)4-2-3-15-7-11-18(25)12-8-15)21(28)27(24(26)31)14-16-5-9-17(10-6-16)23(29)30/h5-13H,3,14H2,1H3,(H,29,30). The lowest BCUT2D eigenvalue weighted by Gasteiger charge is -2.08. The SMILES string of the molecule is Cn1c(=O)n(Cc2ccc(C(=O)O)cc2)c(=O)c2cc(C#CCc3ccc(F)cc3)sc21. The number of hydrogen-bond donors (Lipinski definition) is 1. The van der Waals surface area contributed by atoms with Gasteiger partial charge in [0.25, 0.3) is 5.56 Å². The average Bonchev–Trinajstić information content (AvgIpc) is 3.21. The summed E-state index contributed by atoms with van der Waals surface area (Å²) in [5.41, 5.74) is 0.767. The van der Waals surface area contributed by atoms with Crippen molar-refractivity contribution < 1.29 is 14.3 Å². The Labute approximate surface area is 185 Å². The van der Waals surface area contributed by atoms with Crippen LogP contribution in [0.2, 0.25) is 0 Å². The quantitative estimate of drug-likeness (QED) is 0.486. The molecule has 0 aliphatic rings. The number of rotatable bonds is 4. The molecule has 160 valence electrons. The van der Waals surface area contributed by atoms with E-state index in [2.05, 4.69) is 11.8 Å². The van der Waals surface area contributed by atoms with Crippen LogP contribution in [0.25, 0.3) is 10.2 Å². The highest BCUT2D eigenvalue weighted by atomic mass is 32.1. The Morgan fingerprint density at radius 1 is 1.06 bits per heavy atom. The van der Waals surface area contributed by atoms with E-state index in [1.807, 2.05) is 0 Å². The average molecular weight is 448 g/mol. The van der Waals surface area contributed by atoms with Gasteiger partial charge in [0.1, 0.15) is 10.6 Å². The summed E-state index contributed by atoms with van der Waals surface area (Å²) in [4.78, 5) is 38.0. The molecule has 6 nitrogen and oxygen atoms in total. The van der Waals surface area contributed by atoms with Gasteiger partial charge in [-0.1, -0.05) is 36.1 Å². The Balaban J connectivity index is 1.66. The minimum Gasteiger partial charge on any atom is -0.478 e. The predicted octanol–water partition coefficient (Wildman–Crippen LogP) is 3.24. The lowest BCUT2D eigenvalue weighted by Crippen LogP contribution is -2.38. The molecule has 0 radical (unpaired) electrons. The van der Waals surface area contributed by atoms with Gasteiger partial charge in [-0.25, -0.2) is 14.0 Å². The number of benzene rings is 2. The lowest BCUT2D eigenvalue weighted by molar-refractivity contribution is 0.0697. The second-order valence-electron chi connectivity index (χ2n) is 7.17. The molecule has 0 bridgehead atoms. The van der Waals surface area contributed by atoms with Gasteiger partial charge in [0.2, 0.25) is 0 Å². The maximum absolute atomic E-state index is 13.0. The van der Waals surface area contributed by atoms with Gasteiger partial charge >= 0.3 is 11.7 Å². The first-order valence-corrected chi connectivity index (χ1v) is 10.4. The van der Waals surface area contributed by atoms with Gasteiger partial charge in [0.15, 0.2) is 0 Å². The molecule has 0 spiro atoms. The number of aromatic nitrogens is 2. The summed E-state index contributed by atoms with van der Waals surface area (Å²) in [6.45, 7) is 0.0305. The Bertz CT molecular complexity index is 1500. The van der Waals surface area contributed by atoms with E-state index < -0.39 is 17.2 Å². The maximum atomic E-state index is 13.0. The van der Waals surface area contributed by atoms with Crippen molar-refractivity contribution in [2.45, 2.75) is 13.0 Å². The van der Waals surface area contributed by atoms with Crippen LogP contribution in [0.5, 0.6) is 0 Å². The van der Waals surface area contributed by atoms with E-state index >= 15 is 0 Å². The fourth-order valence-electron chi connectivity index (χ4n) is 3.26. The molecule has 0 unspecified atom stereocenters. The number of hydrogen-bond acceptors (Lipinski definition) is 4. The Morgan fingerprint density at radius 2 is 1.72 bits per heavy atom. The van der Waals surface area contributed by atoms with Crippen LogP contribution in [0, 0.1) is 17.7 Å². The minimum atomic E-state index is -1.04. The van der Waals surface area contributed by atoms with E-state index in [1.54, 1.807) is 37.4 Å². The summed E-state index contributed by atoms with van der Waals surface area (Å²) in [6, 6.07) is 13.8. The maximum Gasteiger partial charge on any atom is 0.335 e. The van der Waals surface area contributed by atoms with Crippen molar-refractivity contribution >= 4 is 27.5 Å². The number of aromatic carboxylic acids is 1. The molecule has 0 aliphatic carbocycles. The zero-order valence-corrected chi connectivity index (χ0v) is 17.8. The topological polar surface area (TPSA) is 81.3 Å². The number of carboxylic acid groups (broad SMARTS) is 1. The first-order valence-electron chi connectivity index (χ1n) is 9.62. The summed E-state index contributed by atoms with van der Waals surface area (Å²) < 4.78 is 15.5. The molecule has 2 heterocycles. The van der Waals surface area contributed by atoms with Crippen molar-refractivity contribution in [3.63, 3.8) is 0 Å². The number of nitrogens with zero attached hydrogens (tertiary/aromatic N) is 2. The molecule has 8 heteroatoms. The van der Waals surface area contributed by atoms with Crippen molar-refractivity contribution in [3.8, 4) is 11.8 Å². The zero-order chi connectivity index (χ0) is 22.8. The highest BCUT2D eigenvalue weighted by Crippen LogP contribution is 2.21. The first-order chi connectivity index (χ1) is 15.3. The fraction of sp³-hybridized carbons (Fsp3) is 0.125. The van der Waals surface area contributed by atoms with Crippen LogP contribution in [-0.4, -0.2) is 20.2 Å². The molecule has 32 heavy (non-hydrogen) atoms. The molecule has 4 aromatic rings. The van der Waals surface area contributed by atoms with E-state index in [1.165, 1.54) is 40.2 Å². The van der Waals surface area contributed by atoms with Crippen molar-refractivity contribution in [1.29, 1.82) is 0 Å². The zero-order valence-electron chi connectivity index (χ0n) is 17.0. The highest BCUT2D eigenvalue weighted by molar-refractivity contribution is 7.19. The number of carboxylic acids is 1. The number of carbonyl (C=O) groups is 1. The minimum absolute atomic E-state index is 0.0305. The summed E-state index contributed by atoms with van der Waals surface area (Å²) in [6.07, 6.45) is 0.435. The molecule has 1 N–H and O–H groups in total. The fourth-order valence-corrected chi connectivity index (χ4v) is 4.24. The van der Waals surface area contributed by atoms with Crippen LogP contribution in [-0.2, 0) is 20.0 Å². The van der Waals surface area contributed by atoms with Crippen LogP contribution in [0.1, 0.15) is 26.4 Å². The predicted molar refractivity (Wildman–Crippen MR) is 121 cm³/mol. The second-order valence-corrected chi connectivity index (χ2v) is 8.20. The van der Waals surface area contributed by atoms with Crippen LogP contribution >= 0.6 is 11.3 Å². The van der Waals surface area contributed by atoms with E-state index in [9.17, 15) is 18.8 Å². The van der Waals surface area contributed by atoms with Gasteiger partial charge in [0.05, 0.1) is 22.4 Å². The Hall–Kier alpha value is -3.96. The largest absolute Gasteiger partial charge is 0.478 e. The van der Waals surface area contributed by atoms with Crippen LogP contribution < -0.4 is 11.2 Å². The van der Waals surface area contributed by atoms with E-state index in [0.717, 1.165) is 10.1 Å². The Kier molecular flexibility index (Phi) is 5.75. The van der Waals surface area contributed by atoms with Gasteiger partial charge in [-0.3, -0.25) is 13.9 Å². The summed E-state index contributed by atoms with van der Waals surface area (Å²) >= 11 is 1.26. The summed E-state index contributed by atoms with van der Waals surface area (Å²) in [5.74, 6) is 4.68. The second kappa shape index (κ2) is 8.65. The number of thiophene rings is 1.